The van der Waals surface area contributed by atoms with Crippen LogP contribution in [0.4, 0.5) is 5.69 Å². The number of nitrogens with zero attached hydrogens (tertiary/aromatic N) is 2. The molecule has 0 atom stereocenters. The third kappa shape index (κ3) is 6.81. The van der Waals surface area contributed by atoms with Gasteiger partial charge < -0.3 is 9.15 Å². The van der Waals surface area contributed by atoms with Crippen molar-refractivity contribution < 1.29 is 27.2 Å². The molecule has 5 rings (SSSR count). The summed E-state index contributed by atoms with van der Waals surface area (Å²) in [6.07, 6.45) is 1.49. The zero-order valence-electron chi connectivity index (χ0n) is 25.4. The molecule has 0 spiro atoms. The zero-order chi connectivity index (χ0) is 32.3. The van der Waals surface area contributed by atoms with Crippen LogP contribution in [0.5, 0.6) is 0 Å². The predicted octanol–water partition coefficient (Wildman–Crippen LogP) is 7.32. The van der Waals surface area contributed by atoms with E-state index in [1.165, 1.54) is 46.7 Å². The average molecular weight is 645 g/mol. The first-order valence-electron chi connectivity index (χ1n) is 14.3. The number of furan rings is 1. The van der Waals surface area contributed by atoms with E-state index >= 15 is 0 Å². The number of benzene rings is 3. The van der Waals surface area contributed by atoms with Gasteiger partial charge in [0, 0.05) is 23.0 Å². The molecule has 4 aromatic rings. The van der Waals surface area contributed by atoms with Crippen LogP contribution >= 0.6 is 11.6 Å². The van der Waals surface area contributed by atoms with Crippen LogP contribution in [0.15, 0.2) is 117 Å². The molecule has 45 heavy (non-hydrogen) atoms. The number of allylic oxidation sites excluding steroid dienone is 1. The van der Waals surface area contributed by atoms with E-state index in [0.29, 0.717) is 28.1 Å². The number of methoxy groups -OCH3 is 1. The second-order valence-electron chi connectivity index (χ2n) is 10.9. The number of amides is 1. The molecule has 0 saturated heterocycles. The quantitative estimate of drug-likeness (QED) is 0.133. The number of carbonyl (C=O) groups is 2. The highest BCUT2D eigenvalue weighted by molar-refractivity contribution is 7.89. The van der Waals surface area contributed by atoms with Crippen molar-refractivity contribution in [2.75, 3.05) is 12.0 Å². The first-order chi connectivity index (χ1) is 21.5. The van der Waals surface area contributed by atoms with Crippen LogP contribution in [-0.4, -0.2) is 31.7 Å². The third-order valence-electron chi connectivity index (χ3n) is 7.56. The highest BCUT2D eigenvalue weighted by Gasteiger charge is 2.38. The minimum absolute atomic E-state index is 0.0793. The number of hydrogen-bond acceptors (Lipinski definition) is 6. The molecule has 3 aromatic carbocycles. The topological polar surface area (TPSA) is 97.1 Å². The summed E-state index contributed by atoms with van der Waals surface area (Å²) in [5, 5.41) is 0.426. The van der Waals surface area contributed by atoms with Gasteiger partial charge in [0.15, 0.2) is 0 Å². The maximum atomic E-state index is 13.7. The van der Waals surface area contributed by atoms with Crippen molar-refractivity contribution >= 4 is 45.3 Å². The van der Waals surface area contributed by atoms with Gasteiger partial charge in [-0.25, -0.2) is 13.2 Å². The molecule has 1 amide bonds. The molecule has 0 saturated carbocycles. The molecule has 0 fully saturated rings. The summed E-state index contributed by atoms with van der Waals surface area (Å²) in [5.74, 6) is -0.100. The fourth-order valence-corrected chi connectivity index (χ4v) is 6.66. The van der Waals surface area contributed by atoms with Gasteiger partial charge in [-0.1, -0.05) is 67.9 Å². The summed E-state index contributed by atoms with van der Waals surface area (Å²) in [5.41, 5.74) is 3.22. The molecule has 0 radical (unpaired) electrons. The van der Waals surface area contributed by atoms with Crippen molar-refractivity contribution in [3.05, 3.63) is 136 Å². The lowest BCUT2D eigenvalue weighted by Gasteiger charge is -2.21. The van der Waals surface area contributed by atoms with Crippen molar-refractivity contribution in [3.8, 4) is 0 Å². The number of hydrogen-bond donors (Lipinski definition) is 0. The highest BCUT2D eigenvalue weighted by atomic mass is 35.5. The van der Waals surface area contributed by atoms with E-state index in [2.05, 4.69) is 13.8 Å². The van der Waals surface area contributed by atoms with Gasteiger partial charge in [-0.15, -0.1) is 0 Å². The Morgan fingerprint density at radius 3 is 2.24 bits per heavy atom. The normalized spacial score (nSPS) is 14.7. The Morgan fingerprint density at radius 1 is 0.956 bits per heavy atom. The number of halogens is 1. The molecule has 0 aliphatic carbocycles. The minimum atomic E-state index is -3.94. The number of rotatable bonds is 10. The van der Waals surface area contributed by atoms with E-state index in [-0.39, 0.29) is 34.9 Å². The fraction of sp³-hybridized carbons (Fsp3) is 0.200. The second-order valence-corrected chi connectivity index (χ2v) is 13.3. The number of ether oxygens (including phenoxy) is 1. The first kappa shape index (κ1) is 32.0. The van der Waals surface area contributed by atoms with Gasteiger partial charge in [0.05, 0.1) is 29.7 Å². The summed E-state index contributed by atoms with van der Waals surface area (Å²) in [6, 6.07) is 26.1. The molecule has 2 heterocycles. The molecule has 232 valence electrons. The Morgan fingerprint density at radius 2 is 1.62 bits per heavy atom. The maximum Gasteiger partial charge on any atom is 0.340 e. The third-order valence-corrected chi connectivity index (χ3v) is 9.62. The Labute approximate surface area is 268 Å². The van der Waals surface area contributed by atoms with Gasteiger partial charge in [-0.05, 0) is 78.6 Å². The largest absolute Gasteiger partial charge is 0.465 e. The average Bonchev–Trinajstić information content (AvgIpc) is 3.57. The summed E-state index contributed by atoms with van der Waals surface area (Å²) in [4.78, 5) is 28.2. The van der Waals surface area contributed by atoms with E-state index in [1.807, 2.05) is 54.6 Å². The number of esters is 1. The van der Waals surface area contributed by atoms with E-state index < -0.39 is 21.9 Å². The van der Waals surface area contributed by atoms with Gasteiger partial charge >= 0.3 is 5.97 Å². The highest BCUT2D eigenvalue weighted by Crippen LogP contribution is 2.36. The van der Waals surface area contributed by atoms with Crippen molar-refractivity contribution in [1.29, 1.82) is 0 Å². The van der Waals surface area contributed by atoms with E-state index in [0.717, 1.165) is 11.1 Å². The molecule has 8 nitrogen and oxygen atoms in total. The minimum Gasteiger partial charge on any atom is -0.465 e. The maximum absolute atomic E-state index is 13.7. The van der Waals surface area contributed by atoms with Crippen LogP contribution in [0.1, 0.15) is 49.3 Å². The van der Waals surface area contributed by atoms with E-state index in [9.17, 15) is 18.0 Å². The molecular formula is C35H33ClN2O6S. The molecule has 0 N–H and O–H groups in total. The Bertz CT molecular complexity index is 1880. The predicted molar refractivity (Wildman–Crippen MR) is 174 cm³/mol. The Balaban J connectivity index is 1.47. The number of anilines is 1. The molecular weight excluding hydrogens is 612 g/mol. The number of sulfonamides is 1. The Hall–Kier alpha value is -4.44. The van der Waals surface area contributed by atoms with Crippen molar-refractivity contribution in [3.63, 3.8) is 0 Å². The lowest BCUT2D eigenvalue weighted by atomic mass is 10.0. The van der Waals surface area contributed by atoms with Gasteiger partial charge in [-0.3, -0.25) is 9.69 Å². The molecule has 0 unspecified atom stereocenters. The second kappa shape index (κ2) is 13.3. The fourth-order valence-electron chi connectivity index (χ4n) is 5.14. The van der Waals surface area contributed by atoms with Crippen molar-refractivity contribution in [2.24, 2.45) is 0 Å². The van der Waals surface area contributed by atoms with Crippen molar-refractivity contribution in [1.82, 2.24) is 4.31 Å². The van der Waals surface area contributed by atoms with Crippen LogP contribution in [0.25, 0.3) is 6.08 Å². The molecule has 1 aromatic heterocycles. The van der Waals surface area contributed by atoms with Crippen LogP contribution < -0.4 is 4.90 Å². The summed E-state index contributed by atoms with van der Waals surface area (Å²) in [6.45, 7) is 5.88. The van der Waals surface area contributed by atoms with Gasteiger partial charge in [0.2, 0.25) is 10.0 Å². The number of carbonyl (C=O) groups excluding carboxylic acids is 2. The van der Waals surface area contributed by atoms with Crippen LogP contribution in [0.2, 0.25) is 5.02 Å². The van der Waals surface area contributed by atoms with Crippen LogP contribution in [-0.2, 0) is 37.4 Å². The molecule has 1 aliphatic rings. The summed E-state index contributed by atoms with van der Waals surface area (Å²) in [7, 11) is -2.68. The van der Waals surface area contributed by atoms with Crippen molar-refractivity contribution in [2.45, 2.75) is 44.7 Å². The lowest BCUT2D eigenvalue weighted by Crippen LogP contribution is -2.30. The van der Waals surface area contributed by atoms with E-state index in [4.69, 9.17) is 20.8 Å². The molecule has 0 bridgehead atoms. The van der Waals surface area contributed by atoms with Gasteiger partial charge in [0.25, 0.3) is 5.91 Å². The molecule has 1 aliphatic heterocycles. The first-order valence-corrected chi connectivity index (χ1v) is 16.2. The van der Waals surface area contributed by atoms with Crippen LogP contribution in [0, 0.1) is 0 Å². The lowest BCUT2D eigenvalue weighted by molar-refractivity contribution is -0.136. The van der Waals surface area contributed by atoms with Gasteiger partial charge in [0.1, 0.15) is 11.5 Å². The zero-order valence-corrected chi connectivity index (χ0v) is 26.9. The SMILES string of the molecule is COC(=O)C1=C(C)N(c2ccc(C(C)C)cc2)C(=O)/C1=C/c1ccc(CN(Cc2ccccc2)S(=O)(=O)c2ccc(Cl)cc2)o1. The standard InChI is InChI=1S/C35H33ClN2O6S/c1-23(2)26-10-14-28(15-11-26)38-24(3)33(35(40)43-4)32(34(38)39)20-29-16-17-30(44-29)22-37(21-25-8-6-5-7-9-25)45(41,42)31-18-12-27(36)13-19-31/h5-20,23H,21-22H2,1-4H3/b32-20+. The smallest absolute Gasteiger partial charge is 0.340 e. The van der Waals surface area contributed by atoms with Gasteiger partial charge in [-0.2, -0.15) is 4.31 Å². The van der Waals surface area contributed by atoms with E-state index in [1.54, 1.807) is 19.1 Å². The molecule has 10 heteroatoms. The monoisotopic (exact) mass is 644 g/mol. The summed E-state index contributed by atoms with van der Waals surface area (Å²) < 4.78 is 39.8. The summed E-state index contributed by atoms with van der Waals surface area (Å²) >= 11 is 6.01. The van der Waals surface area contributed by atoms with Crippen LogP contribution in [0.3, 0.4) is 0 Å². The Kier molecular flexibility index (Phi) is 9.43.